The normalized spacial score (nSPS) is 24.1. The Bertz CT molecular complexity index is 434. The first-order chi connectivity index (χ1) is 9.58. The largest absolute Gasteiger partial charge is 0.389 e. The Morgan fingerprint density at radius 3 is 2.00 bits per heavy atom. The second-order valence-electron chi connectivity index (χ2n) is 6.41. The molecule has 0 amide bonds. The lowest BCUT2D eigenvalue weighted by Gasteiger charge is -2.31. The highest BCUT2D eigenvalue weighted by Gasteiger charge is 2.33. The minimum atomic E-state index is -0.831. The summed E-state index contributed by atoms with van der Waals surface area (Å²) in [4.78, 5) is 0. The molecule has 0 saturated heterocycles. The highest BCUT2D eigenvalue weighted by molar-refractivity contribution is 5.36. The van der Waals surface area contributed by atoms with Gasteiger partial charge in [0, 0.05) is 6.42 Å². The van der Waals surface area contributed by atoms with Crippen molar-refractivity contribution in [2.75, 3.05) is 0 Å². The van der Waals surface area contributed by atoms with Crippen LogP contribution in [0.2, 0.25) is 0 Å². The number of rotatable bonds is 2. The maximum absolute atomic E-state index is 10.6. The average Bonchev–Trinajstić information content (AvgIpc) is 2.45. The van der Waals surface area contributed by atoms with Crippen molar-refractivity contribution in [2.45, 2.75) is 81.8 Å². The van der Waals surface area contributed by atoms with E-state index in [1.807, 2.05) is 0 Å². The van der Waals surface area contributed by atoms with E-state index in [4.69, 9.17) is 0 Å². The summed E-state index contributed by atoms with van der Waals surface area (Å²) in [5, 5.41) is 21.0. The average molecular weight is 274 g/mol. The number of aliphatic hydroxyl groups is 2. The smallest absolute Gasteiger partial charge is 0.105 e. The van der Waals surface area contributed by atoms with Gasteiger partial charge in [-0.05, 0) is 25.7 Å². The molecule has 0 aromatic heterocycles. The molecule has 2 heteroatoms. The molecule has 2 saturated carbocycles. The molecule has 0 radical (unpaired) electrons. The van der Waals surface area contributed by atoms with Gasteiger partial charge in [0.1, 0.15) is 5.60 Å². The molecule has 0 aliphatic heterocycles. The number of hydrogen-bond acceptors (Lipinski definition) is 2. The van der Waals surface area contributed by atoms with Gasteiger partial charge in [-0.2, -0.15) is 0 Å². The fourth-order valence-corrected chi connectivity index (χ4v) is 3.40. The standard InChI is InChI=1S/C18H26O2/c1-2-16(18(20)14-7-4-8-15-18)10-9-13-17(19)11-5-3-6-12-17/h19-20H,1,3-8,11-15H2. The molecule has 0 spiro atoms. The molecule has 2 N–H and O–H groups in total. The Morgan fingerprint density at radius 1 is 0.900 bits per heavy atom. The third-order valence-electron chi connectivity index (χ3n) is 4.74. The maximum Gasteiger partial charge on any atom is 0.105 e. The molecular weight excluding hydrogens is 248 g/mol. The minimum absolute atomic E-state index is 0.494. The Balaban J connectivity index is 2.00. The highest BCUT2D eigenvalue weighted by Crippen LogP contribution is 2.34. The van der Waals surface area contributed by atoms with Gasteiger partial charge in [0.25, 0.3) is 0 Å². The van der Waals surface area contributed by atoms with Crippen LogP contribution in [-0.4, -0.2) is 21.4 Å². The first kappa shape index (κ1) is 15.4. The van der Waals surface area contributed by atoms with E-state index in [2.05, 4.69) is 24.2 Å². The Kier molecular flexibility index (Phi) is 5.11. The SMILES string of the molecule is C=C=C(C#CCC1(O)CCCCC1)C1(O)CCCCC1. The van der Waals surface area contributed by atoms with Crippen molar-refractivity contribution in [3.63, 3.8) is 0 Å². The van der Waals surface area contributed by atoms with E-state index in [1.54, 1.807) is 0 Å². The van der Waals surface area contributed by atoms with Crippen molar-refractivity contribution in [3.05, 3.63) is 17.9 Å². The number of hydrogen-bond donors (Lipinski definition) is 2. The molecule has 0 unspecified atom stereocenters. The zero-order valence-corrected chi connectivity index (χ0v) is 12.4. The van der Waals surface area contributed by atoms with Crippen LogP contribution in [0.15, 0.2) is 17.9 Å². The van der Waals surface area contributed by atoms with Gasteiger partial charge < -0.3 is 10.2 Å². The molecule has 0 heterocycles. The first-order valence-electron chi connectivity index (χ1n) is 7.92. The van der Waals surface area contributed by atoms with Crippen molar-refractivity contribution < 1.29 is 10.2 Å². The van der Waals surface area contributed by atoms with Gasteiger partial charge in [0.05, 0.1) is 11.2 Å². The molecule has 2 aliphatic carbocycles. The van der Waals surface area contributed by atoms with Gasteiger partial charge in [-0.3, -0.25) is 0 Å². The van der Waals surface area contributed by atoms with Crippen LogP contribution in [0.1, 0.15) is 70.6 Å². The van der Waals surface area contributed by atoms with E-state index < -0.39 is 11.2 Å². The van der Waals surface area contributed by atoms with Gasteiger partial charge in [0.15, 0.2) is 0 Å². The lowest BCUT2D eigenvalue weighted by atomic mass is 9.79. The summed E-state index contributed by atoms with van der Waals surface area (Å²) in [5.41, 5.74) is 2.00. The molecule has 0 atom stereocenters. The second kappa shape index (κ2) is 6.64. The molecule has 2 aliphatic rings. The van der Waals surface area contributed by atoms with Crippen molar-refractivity contribution in [1.82, 2.24) is 0 Å². The van der Waals surface area contributed by atoms with Crippen molar-refractivity contribution in [3.8, 4) is 11.8 Å². The molecule has 2 fully saturated rings. The van der Waals surface area contributed by atoms with E-state index >= 15 is 0 Å². The monoisotopic (exact) mass is 274 g/mol. The summed E-state index contributed by atoms with van der Waals surface area (Å²) < 4.78 is 0. The molecule has 0 aromatic carbocycles. The van der Waals surface area contributed by atoms with E-state index in [-0.39, 0.29) is 0 Å². The van der Waals surface area contributed by atoms with Crippen LogP contribution in [0.5, 0.6) is 0 Å². The van der Waals surface area contributed by atoms with Crippen molar-refractivity contribution in [1.29, 1.82) is 0 Å². The van der Waals surface area contributed by atoms with E-state index in [0.717, 1.165) is 51.4 Å². The Hall–Kier alpha value is -1.00. The lowest BCUT2D eigenvalue weighted by Crippen LogP contribution is -2.33. The lowest BCUT2D eigenvalue weighted by molar-refractivity contribution is 0.00884. The fraction of sp³-hybridized carbons (Fsp3) is 0.722. The summed E-state index contributed by atoms with van der Waals surface area (Å²) in [6, 6.07) is 0. The summed E-state index contributed by atoms with van der Waals surface area (Å²) in [6.07, 6.45) is 10.3. The van der Waals surface area contributed by atoms with Gasteiger partial charge in [0.2, 0.25) is 0 Å². The van der Waals surface area contributed by atoms with Crippen LogP contribution in [0, 0.1) is 11.8 Å². The van der Waals surface area contributed by atoms with Gasteiger partial charge in [-0.1, -0.05) is 56.9 Å². The highest BCUT2D eigenvalue weighted by atomic mass is 16.3. The zero-order valence-electron chi connectivity index (χ0n) is 12.4. The van der Waals surface area contributed by atoms with Crippen LogP contribution >= 0.6 is 0 Å². The summed E-state index contributed by atoms with van der Waals surface area (Å²) in [5.74, 6) is 6.10. The summed E-state index contributed by atoms with van der Waals surface area (Å²) >= 11 is 0. The first-order valence-corrected chi connectivity index (χ1v) is 7.92. The third kappa shape index (κ3) is 3.76. The molecule has 20 heavy (non-hydrogen) atoms. The molecule has 2 nitrogen and oxygen atoms in total. The predicted molar refractivity (Wildman–Crippen MR) is 81.1 cm³/mol. The second-order valence-corrected chi connectivity index (χ2v) is 6.41. The summed E-state index contributed by atoms with van der Waals surface area (Å²) in [6.45, 7) is 3.68. The van der Waals surface area contributed by atoms with Crippen molar-refractivity contribution >= 4 is 0 Å². The van der Waals surface area contributed by atoms with Crippen LogP contribution in [-0.2, 0) is 0 Å². The zero-order chi connectivity index (χ0) is 14.5. The molecule has 0 aromatic rings. The van der Waals surface area contributed by atoms with E-state index in [0.29, 0.717) is 12.0 Å². The molecule has 0 bridgehead atoms. The molecular formula is C18H26O2. The predicted octanol–water partition coefficient (Wildman–Crippen LogP) is 3.48. The van der Waals surface area contributed by atoms with Crippen LogP contribution < -0.4 is 0 Å². The van der Waals surface area contributed by atoms with Gasteiger partial charge in [-0.15, -0.1) is 5.73 Å². The van der Waals surface area contributed by atoms with Crippen LogP contribution in [0.3, 0.4) is 0 Å². The summed E-state index contributed by atoms with van der Waals surface area (Å²) in [7, 11) is 0. The van der Waals surface area contributed by atoms with Crippen molar-refractivity contribution in [2.24, 2.45) is 0 Å². The Labute approximate surface area is 122 Å². The van der Waals surface area contributed by atoms with E-state index in [1.165, 1.54) is 12.8 Å². The van der Waals surface area contributed by atoms with E-state index in [9.17, 15) is 10.2 Å². The topological polar surface area (TPSA) is 40.5 Å². The van der Waals surface area contributed by atoms with Gasteiger partial charge >= 0.3 is 0 Å². The fourth-order valence-electron chi connectivity index (χ4n) is 3.40. The minimum Gasteiger partial charge on any atom is -0.389 e. The quantitative estimate of drug-likeness (QED) is 0.598. The van der Waals surface area contributed by atoms with Crippen LogP contribution in [0.25, 0.3) is 0 Å². The third-order valence-corrected chi connectivity index (χ3v) is 4.74. The maximum atomic E-state index is 10.6. The van der Waals surface area contributed by atoms with Gasteiger partial charge in [-0.25, -0.2) is 0 Å². The Morgan fingerprint density at radius 2 is 1.45 bits per heavy atom. The molecule has 2 rings (SSSR count). The molecule has 110 valence electrons. The van der Waals surface area contributed by atoms with Crippen LogP contribution in [0.4, 0.5) is 0 Å².